The van der Waals surface area contributed by atoms with Crippen molar-refractivity contribution < 1.29 is 22.6 Å². The fourth-order valence-corrected chi connectivity index (χ4v) is 5.10. The first-order valence-electron chi connectivity index (χ1n) is 8.08. The molecule has 2 aromatic carbocycles. The molecular formula is C18H18ClN3O2S2. The van der Waals surface area contributed by atoms with Crippen molar-refractivity contribution in [3.05, 3.63) is 58.1 Å². The summed E-state index contributed by atoms with van der Waals surface area (Å²) in [5, 5.41) is 18.9. The zero-order valence-corrected chi connectivity index (χ0v) is 16.3. The molecule has 0 amide bonds. The molecule has 0 spiro atoms. The molecule has 0 atom stereocenters. The summed E-state index contributed by atoms with van der Waals surface area (Å²) in [6.45, 7) is 1.15. The Labute approximate surface area is 163 Å². The van der Waals surface area contributed by atoms with E-state index >= 15 is 0 Å². The molecule has 4 rings (SSSR count). The van der Waals surface area contributed by atoms with Gasteiger partial charge in [0.15, 0.2) is 0 Å². The summed E-state index contributed by atoms with van der Waals surface area (Å²) in [5.41, 5.74) is 2.16. The number of benzene rings is 2. The number of aliphatic hydroxyl groups is 2. The Hall–Kier alpha value is -1.86. The van der Waals surface area contributed by atoms with Crippen molar-refractivity contribution in [2.24, 2.45) is 0 Å². The van der Waals surface area contributed by atoms with Gasteiger partial charge in [-0.15, -0.1) is 0 Å². The number of para-hydroxylation sites is 2. The van der Waals surface area contributed by atoms with Crippen LogP contribution in [0.2, 0.25) is 0 Å². The number of fused-ring (bicyclic) bond motifs is 2. The Morgan fingerprint density at radius 2 is 1.15 bits per heavy atom. The smallest absolute Gasteiger partial charge is 0.377 e. The number of nitrogens with zero attached hydrogens (tertiary/aromatic N) is 3. The Morgan fingerprint density at radius 3 is 1.58 bits per heavy atom. The lowest BCUT2D eigenvalue weighted by atomic mass is 10.3. The van der Waals surface area contributed by atoms with E-state index in [1.54, 1.807) is 22.7 Å². The van der Waals surface area contributed by atoms with E-state index < -0.39 is 0 Å². The third-order valence-electron chi connectivity index (χ3n) is 4.01. The lowest BCUT2D eigenvalue weighted by Crippen LogP contribution is -3.00. The number of hydrogen-bond donors (Lipinski definition) is 2. The maximum Gasteiger partial charge on any atom is 0.377 e. The van der Waals surface area contributed by atoms with Gasteiger partial charge in [0, 0.05) is 0 Å². The summed E-state index contributed by atoms with van der Waals surface area (Å²) in [7, 11) is 0. The van der Waals surface area contributed by atoms with Crippen LogP contribution in [0.1, 0.15) is 0 Å². The summed E-state index contributed by atoms with van der Waals surface area (Å²) in [4.78, 5) is 1.71. The summed E-state index contributed by atoms with van der Waals surface area (Å²) < 4.78 is 11.3. The normalized spacial score (nSPS) is 10.8. The van der Waals surface area contributed by atoms with Gasteiger partial charge in [-0.25, -0.2) is 13.8 Å². The van der Waals surface area contributed by atoms with E-state index in [4.69, 9.17) is 4.67 Å². The van der Waals surface area contributed by atoms with Gasteiger partial charge in [0.05, 0.1) is 35.7 Å². The maximum atomic E-state index is 9.45. The van der Waals surface area contributed by atoms with E-state index in [1.807, 2.05) is 45.5 Å². The molecule has 0 aliphatic carbocycles. The molecule has 0 aliphatic rings. The highest BCUT2D eigenvalue weighted by molar-refractivity contribution is 7.17. The maximum absolute atomic E-state index is 9.45. The molecule has 0 aliphatic heterocycles. The van der Waals surface area contributed by atoms with Crippen molar-refractivity contribution in [3.63, 3.8) is 0 Å². The van der Waals surface area contributed by atoms with E-state index in [0.717, 1.165) is 30.0 Å². The number of hydrogen-bond acceptors (Lipinski definition) is 4. The minimum absolute atomic E-state index is 0. The highest BCUT2D eigenvalue weighted by Crippen LogP contribution is 2.17. The van der Waals surface area contributed by atoms with Gasteiger partial charge < -0.3 is 22.6 Å². The molecule has 0 saturated heterocycles. The van der Waals surface area contributed by atoms with Crippen LogP contribution in [0.25, 0.3) is 20.4 Å². The average Bonchev–Trinajstić information content (AvgIpc) is 3.15. The molecule has 2 heterocycles. The van der Waals surface area contributed by atoms with Crippen LogP contribution in [0.5, 0.6) is 0 Å². The lowest BCUT2D eigenvalue weighted by molar-refractivity contribution is -0.00000709. The highest BCUT2D eigenvalue weighted by atomic mass is 35.5. The van der Waals surface area contributed by atoms with Crippen LogP contribution in [-0.2, 0) is 13.1 Å². The first-order chi connectivity index (χ1) is 12.3. The van der Waals surface area contributed by atoms with Crippen LogP contribution >= 0.6 is 22.7 Å². The molecule has 0 unspecified atom stereocenters. The zero-order chi connectivity index (χ0) is 17.2. The van der Waals surface area contributed by atoms with Crippen molar-refractivity contribution in [1.82, 2.24) is 13.8 Å². The number of halogens is 1. The Kier molecular flexibility index (Phi) is 5.98. The van der Waals surface area contributed by atoms with Crippen molar-refractivity contribution >= 4 is 43.1 Å². The molecule has 136 valence electrons. The fraction of sp³-hybridized carbons (Fsp3) is 0.222. The molecule has 26 heavy (non-hydrogen) atoms. The van der Waals surface area contributed by atoms with Gasteiger partial charge >= 0.3 is 9.60 Å². The van der Waals surface area contributed by atoms with Crippen molar-refractivity contribution in [3.8, 4) is 0 Å². The van der Waals surface area contributed by atoms with Gasteiger partial charge in [0.2, 0.25) is 0 Å². The molecule has 0 fully saturated rings. The van der Waals surface area contributed by atoms with Gasteiger partial charge in [0.25, 0.3) is 0 Å². The number of aromatic nitrogens is 2. The van der Waals surface area contributed by atoms with Crippen LogP contribution in [0.3, 0.4) is 0 Å². The third-order valence-corrected chi connectivity index (χ3v) is 6.13. The molecule has 0 radical (unpaired) electrons. The van der Waals surface area contributed by atoms with Crippen LogP contribution < -0.4 is 26.7 Å². The van der Waals surface area contributed by atoms with Crippen molar-refractivity contribution in [2.45, 2.75) is 13.1 Å². The van der Waals surface area contributed by atoms with Gasteiger partial charge in [0.1, 0.15) is 11.0 Å². The van der Waals surface area contributed by atoms with Crippen molar-refractivity contribution in [1.29, 1.82) is 0 Å². The summed E-state index contributed by atoms with van der Waals surface area (Å²) in [5.74, 6) is 0. The quantitative estimate of drug-likeness (QED) is 0.395. The predicted molar refractivity (Wildman–Crippen MR) is 102 cm³/mol. The second-order valence-electron chi connectivity index (χ2n) is 5.57. The molecule has 4 aromatic rings. The topological polar surface area (TPSA) is 64.4 Å². The number of thiazole rings is 2. The van der Waals surface area contributed by atoms with Gasteiger partial charge in [-0.3, -0.25) is 0 Å². The molecule has 2 aromatic heterocycles. The van der Waals surface area contributed by atoms with E-state index in [-0.39, 0.29) is 25.6 Å². The minimum atomic E-state index is 0. The molecule has 8 heteroatoms. The molecule has 0 saturated carbocycles. The molecule has 2 N–H and O–H groups in total. The molecule has 0 bridgehead atoms. The number of rotatable bonds is 4. The summed E-state index contributed by atoms with van der Waals surface area (Å²) in [6, 6.07) is 16.3. The SMILES string of the molecule is OCCn1c(=[N+]=c2sc3ccccc3n2CCO)sc2ccccc21.[Cl-]. The first-order valence-corrected chi connectivity index (χ1v) is 9.71. The van der Waals surface area contributed by atoms with Crippen LogP contribution in [0.15, 0.2) is 48.5 Å². The Morgan fingerprint density at radius 1 is 0.731 bits per heavy atom. The van der Waals surface area contributed by atoms with E-state index in [0.29, 0.717) is 13.1 Å². The standard InChI is InChI=1S/C18H18N3O2S2.ClH/c22-11-9-20-13-5-1-3-7-15(13)24-17(20)19-18-21(10-12-23)14-6-2-4-8-16(14)25-18;/h1-8,22-23H,9-12H2;1H/q+1;/p-1. The minimum Gasteiger partial charge on any atom is -1.00 e. The first kappa shape index (κ1) is 18.9. The predicted octanol–water partition coefficient (Wildman–Crippen LogP) is -1.72. The second kappa shape index (κ2) is 8.22. The van der Waals surface area contributed by atoms with Gasteiger partial charge in [-0.05, 0) is 46.9 Å². The van der Waals surface area contributed by atoms with Gasteiger partial charge in [-0.1, -0.05) is 24.3 Å². The van der Waals surface area contributed by atoms with E-state index in [2.05, 4.69) is 12.1 Å². The monoisotopic (exact) mass is 407 g/mol. The Bertz CT molecular complexity index is 1090. The van der Waals surface area contributed by atoms with Crippen LogP contribution in [0.4, 0.5) is 0 Å². The van der Waals surface area contributed by atoms with E-state index in [9.17, 15) is 10.2 Å². The lowest BCUT2D eigenvalue weighted by Gasteiger charge is -1.95. The third kappa shape index (κ3) is 3.38. The largest absolute Gasteiger partial charge is 1.00 e. The molecule has 5 nitrogen and oxygen atoms in total. The average molecular weight is 408 g/mol. The van der Waals surface area contributed by atoms with Crippen LogP contribution in [-0.4, -0.2) is 32.6 Å². The summed E-state index contributed by atoms with van der Waals surface area (Å²) in [6.07, 6.45) is 0. The van der Waals surface area contributed by atoms with Gasteiger partial charge in [-0.2, -0.15) is 0 Å². The summed E-state index contributed by atoms with van der Waals surface area (Å²) >= 11 is 3.22. The number of aliphatic hydroxyl groups excluding tert-OH is 2. The highest BCUT2D eigenvalue weighted by Gasteiger charge is 2.13. The van der Waals surface area contributed by atoms with Crippen molar-refractivity contribution in [2.75, 3.05) is 13.2 Å². The molecular weight excluding hydrogens is 390 g/mol. The van der Waals surface area contributed by atoms with Crippen LogP contribution in [0, 0.1) is 0 Å². The Balaban J connectivity index is 0.00000196. The van der Waals surface area contributed by atoms with E-state index in [1.165, 1.54) is 0 Å². The zero-order valence-electron chi connectivity index (χ0n) is 13.9. The fourth-order valence-electron chi connectivity index (χ4n) is 2.93. The second-order valence-corrected chi connectivity index (χ2v) is 7.59.